The maximum atomic E-state index is 10.6. The summed E-state index contributed by atoms with van der Waals surface area (Å²) in [6.07, 6.45) is 3.20. The number of nitro groups is 1. The highest BCUT2D eigenvalue weighted by Gasteiger charge is 2.10. The molecular weight excluding hydrogens is 351 g/mol. The molecule has 3 rings (SSSR count). The van der Waals surface area contributed by atoms with E-state index in [1.54, 1.807) is 36.5 Å². The lowest BCUT2D eigenvalue weighted by Crippen LogP contribution is -1.86. The van der Waals surface area contributed by atoms with Gasteiger partial charge in [0.25, 0.3) is 5.69 Å². The van der Waals surface area contributed by atoms with Gasteiger partial charge in [0.2, 0.25) is 5.89 Å². The Morgan fingerprint density at radius 1 is 1.12 bits per heavy atom. The number of hydrogen-bond acceptors (Lipinski definition) is 4. The van der Waals surface area contributed by atoms with Crippen molar-refractivity contribution in [3.8, 4) is 11.3 Å². The Morgan fingerprint density at radius 3 is 2.42 bits per heavy atom. The van der Waals surface area contributed by atoms with Gasteiger partial charge < -0.3 is 4.42 Å². The van der Waals surface area contributed by atoms with Crippen LogP contribution in [0, 0.1) is 10.1 Å². The third-order valence-corrected chi connectivity index (χ3v) is 3.76. The highest BCUT2D eigenvalue weighted by molar-refractivity contribution is 6.50. The molecule has 0 bridgehead atoms. The first-order valence-electron chi connectivity index (χ1n) is 6.87. The summed E-state index contributed by atoms with van der Waals surface area (Å²) >= 11 is 12.1. The summed E-state index contributed by atoms with van der Waals surface area (Å²) in [6, 6.07) is 13.2. The minimum absolute atomic E-state index is 0.0180. The molecule has 1 heterocycles. The van der Waals surface area contributed by atoms with Gasteiger partial charge in [-0.25, -0.2) is 4.98 Å². The fourth-order valence-electron chi connectivity index (χ4n) is 2.03. The van der Waals surface area contributed by atoms with Gasteiger partial charge in [0.1, 0.15) is 5.03 Å². The molecule has 0 fully saturated rings. The van der Waals surface area contributed by atoms with Crippen molar-refractivity contribution in [3.63, 3.8) is 0 Å². The van der Waals surface area contributed by atoms with Gasteiger partial charge in [0.05, 0.1) is 11.1 Å². The molecule has 0 N–H and O–H groups in total. The van der Waals surface area contributed by atoms with Gasteiger partial charge in [-0.15, -0.1) is 0 Å². The first-order valence-corrected chi connectivity index (χ1v) is 7.62. The van der Waals surface area contributed by atoms with E-state index in [4.69, 9.17) is 27.6 Å². The van der Waals surface area contributed by atoms with E-state index in [0.717, 1.165) is 5.56 Å². The molecule has 7 heteroatoms. The van der Waals surface area contributed by atoms with E-state index in [-0.39, 0.29) is 11.6 Å². The summed E-state index contributed by atoms with van der Waals surface area (Å²) in [5.41, 5.74) is 1.55. The van der Waals surface area contributed by atoms with Crippen LogP contribution in [0.5, 0.6) is 0 Å². The number of non-ortho nitro benzene ring substituents is 1. The van der Waals surface area contributed by atoms with Crippen LogP contribution in [0.1, 0.15) is 11.5 Å². The molecule has 0 aliphatic carbocycles. The molecule has 3 aromatic rings. The van der Waals surface area contributed by atoms with E-state index in [1.807, 2.05) is 12.1 Å². The minimum atomic E-state index is -0.457. The molecular formula is C17H10Cl2N2O3. The van der Waals surface area contributed by atoms with Crippen LogP contribution in [0.25, 0.3) is 22.4 Å². The molecule has 0 aliphatic rings. The second kappa shape index (κ2) is 6.86. The van der Waals surface area contributed by atoms with Gasteiger partial charge in [0, 0.05) is 22.7 Å². The third kappa shape index (κ3) is 3.64. The first kappa shape index (κ1) is 16.2. The van der Waals surface area contributed by atoms with E-state index in [0.29, 0.717) is 21.4 Å². The van der Waals surface area contributed by atoms with Crippen molar-refractivity contribution in [1.82, 2.24) is 4.98 Å². The number of halogens is 2. The Hall–Kier alpha value is -2.63. The average molecular weight is 361 g/mol. The van der Waals surface area contributed by atoms with Gasteiger partial charge in [-0.2, -0.15) is 0 Å². The van der Waals surface area contributed by atoms with E-state index in [2.05, 4.69) is 4.98 Å². The quantitative estimate of drug-likeness (QED) is 0.445. The SMILES string of the molecule is O=[N+]([O-])c1ccc(/C=C(\Cl)c2ncc(-c3ccc(Cl)cc3)o2)cc1. The van der Waals surface area contributed by atoms with Crippen LogP contribution in [-0.2, 0) is 0 Å². The molecule has 0 atom stereocenters. The van der Waals surface area contributed by atoms with Crippen LogP contribution in [0.3, 0.4) is 0 Å². The largest absolute Gasteiger partial charge is 0.435 e. The summed E-state index contributed by atoms with van der Waals surface area (Å²) in [5.74, 6) is 0.830. The Kier molecular flexibility index (Phi) is 4.64. The van der Waals surface area contributed by atoms with Gasteiger partial charge >= 0.3 is 0 Å². The van der Waals surface area contributed by atoms with Crippen LogP contribution < -0.4 is 0 Å². The van der Waals surface area contributed by atoms with E-state index in [1.165, 1.54) is 12.1 Å². The number of nitro benzene ring substituents is 1. The smallest absolute Gasteiger partial charge is 0.269 e. The van der Waals surface area contributed by atoms with Crippen molar-refractivity contribution in [3.05, 3.63) is 81.3 Å². The minimum Gasteiger partial charge on any atom is -0.435 e. The third-order valence-electron chi connectivity index (χ3n) is 3.24. The van der Waals surface area contributed by atoms with Crippen molar-refractivity contribution < 1.29 is 9.34 Å². The molecule has 5 nitrogen and oxygen atoms in total. The number of benzene rings is 2. The van der Waals surface area contributed by atoms with Gasteiger partial charge in [-0.3, -0.25) is 10.1 Å². The highest BCUT2D eigenvalue weighted by Crippen LogP contribution is 2.28. The summed E-state index contributed by atoms with van der Waals surface area (Å²) in [6.45, 7) is 0. The second-order valence-corrected chi connectivity index (χ2v) is 5.72. The molecule has 2 aromatic carbocycles. The van der Waals surface area contributed by atoms with Crippen LogP contribution in [0.4, 0.5) is 5.69 Å². The molecule has 0 unspecified atom stereocenters. The predicted octanol–water partition coefficient (Wildman–Crippen LogP) is 5.64. The summed E-state index contributed by atoms with van der Waals surface area (Å²) in [4.78, 5) is 14.3. The number of hydrogen-bond donors (Lipinski definition) is 0. The van der Waals surface area contributed by atoms with Crippen LogP contribution >= 0.6 is 23.2 Å². The zero-order chi connectivity index (χ0) is 17.1. The molecule has 0 aliphatic heterocycles. The number of oxazole rings is 1. The van der Waals surface area contributed by atoms with Gasteiger partial charge in [0.15, 0.2) is 5.76 Å². The predicted molar refractivity (Wildman–Crippen MR) is 93.8 cm³/mol. The fourth-order valence-corrected chi connectivity index (χ4v) is 2.37. The first-order chi connectivity index (χ1) is 11.5. The standard InChI is InChI=1S/C17H10Cl2N2O3/c18-13-5-3-12(4-6-13)16-10-20-17(24-16)15(19)9-11-1-7-14(8-2-11)21(22)23/h1-10H/b15-9-. The maximum absolute atomic E-state index is 10.6. The number of aromatic nitrogens is 1. The van der Waals surface area contributed by atoms with E-state index >= 15 is 0 Å². The molecule has 24 heavy (non-hydrogen) atoms. The Morgan fingerprint density at radius 2 is 1.79 bits per heavy atom. The van der Waals surface area contributed by atoms with Crippen LogP contribution in [-0.4, -0.2) is 9.91 Å². The molecule has 0 amide bonds. The maximum Gasteiger partial charge on any atom is 0.269 e. The fraction of sp³-hybridized carbons (Fsp3) is 0. The summed E-state index contributed by atoms with van der Waals surface area (Å²) in [5, 5.41) is 11.6. The monoisotopic (exact) mass is 360 g/mol. The zero-order valence-corrected chi connectivity index (χ0v) is 13.7. The highest BCUT2D eigenvalue weighted by atomic mass is 35.5. The topological polar surface area (TPSA) is 69.2 Å². The molecule has 120 valence electrons. The lowest BCUT2D eigenvalue weighted by atomic mass is 10.2. The molecule has 0 spiro atoms. The average Bonchev–Trinajstić information content (AvgIpc) is 3.06. The van der Waals surface area contributed by atoms with Gasteiger partial charge in [-0.05, 0) is 48.0 Å². The number of nitrogens with zero attached hydrogens (tertiary/aromatic N) is 2. The van der Waals surface area contributed by atoms with Crippen molar-refractivity contribution in [2.24, 2.45) is 0 Å². The van der Waals surface area contributed by atoms with Gasteiger partial charge in [-0.1, -0.05) is 23.2 Å². The normalized spacial score (nSPS) is 11.5. The van der Waals surface area contributed by atoms with Crippen LogP contribution in [0.15, 0.2) is 59.1 Å². The molecule has 0 radical (unpaired) electrons. The molecule has 1 aromatic heterocycles. The van der Waals surface area contributed by atoms with E-state index in [9.17, 15) is 10.1 Å². The van der Waals surface area contributed by atoms with E-state index < -0.39 is 4.92 Å². The lowest BCUT2D eigenvalue weighted by Gasteiger charge is -1.97. The Balaban J connectivity index is 1.83. The van der Waals surface area contributed by atoms with Crippen molar-refractivity contribution in [2.45, 2.75) is 0 Å². The number of rotatable bonds is 4. The Bertz CT molecular complexity index is 900. The zero-order valence-electron chi connectivity index (χ0n) is 12.1. The summed E-state index contributed by atoms with van der Waals surface area (Å²) in [7, 11) is 0. The lowest BCUT2D eigenvalue weighted by molar-refractivity contribution is -0.384. The molecule has 0 saturated heterocycles. The summed E-state index contributed by atoms with van der Waals surface area (Å²) < 4.78 is 5.64. The van der Waals surface area contributed by atoms with Crippen LogP contribution in [0.2, 0.25) is 5.02 Å². The van der Waals surface area contributed by atoms with Crippen molar-refractivity contribution in [1.29, 1.82) is 0 Å². The second-order valence-electron chi connectivity index (χ2n) is 4.88. The van der Waals surface area contributed by atoms with Crippen molar-refractivity contribution in [2.75, 3.05) is 0 Å². The molecule has 0 saturated carbocycles. The van der Waals surface area contributed by atoms with Crippen molar-refractivity contribution >= 4 is 40.0 Å². The Labute approximate surface area is 147 Å².